The minimum Gasteiger partial charge on any atom is -0.346 e. The van der Waals surface area contributed by atoms with Crippen molar-refractivity contribution in [3.63, 3.8) is 0 Å². The SMILES string of the molecule is N#CCC(c1cccc(CN[SH](=O)=O)c1)n1cc(-c2ncnc3[nH]ccc23)cn1. The molecule has 1 unspecified atom stereocenters. The Balaban J connectivity index is 1.68. The van der Waals surface area contributed by atoms with E-state index in [2.05, 4.69) is 30.8 Å². The summed E-state index contributed by atoms with van der Waals surface area (Å²) in [5.41, 5.74) is 4.00. The summed E-state index contributed by atoms with van der Waals surface area (Å²) >= 11 is 0. The summed E-state index contributed by atoms with van der Waals surface area (Å²) in [7, 11) is -2.67. The fourth-order valence-electron chi connectivity index (χ4n) is 3.25. The van der Waals surface area contributed by atoms with Gasteiger partial charge in [-0.2, -0.15) is 10.4 Å². The lowest BCUT2D eigenvalue weighted by Gasteiger charge is -2.16. The lowest BCUT2D eigenvalue weighted by Crippen LogP contribution is -2.13. The Morgan fingerprint density at radius 1 is 1.28 bits per heavy atom. The molecule has 0 saturated heterocycles. The molecule has 1 atom stereocenters. The first-order valence-corrected chi connectivity index (χ1v) is 10.00. The van der Waals surface area contributed by atoms with Crippen molar-refractivity contribution in [1.82, 2.24) is 29.5 Å². The molecular weight excluding hydrogens is 390 g/mol. The number of aromatic nitrogens is 5. The summed E-state index contributed by atoms with van der Waals surface area (Å²) in [6.45, 7) is 0.197. The lowest BCUT2D eigenvalue weighted by molar-refractivity contribution is 0.532. The highest BCUT2D eigenvalue weighted by Crippen LogP contribution is 2.28. The molecule has 4 aromatic rings. The van der Waals surface area contributed by atoms with Crippen LogP contribution in [-0.2, 0) is 17.4 Å². The van der Waals surface area contributed by atoms with Crippen LogP contribution in [-0.4, -0.2) is 33.2 Å². The predicted octanol–water partition coefficient (Wildman–Crippen LogP) is 1.94. The van der Waals surface area contributed by atoms with Crippen LogP contribution < -0.4 is 4.72 Å². The maximum atomic E-state index is 10.8. The van der Waals surface area contributed by atoms with E-state index in [0.29, 0.717) is 0 Å². The van der Waals surface area contributed by atoms with E-state index in [-0.39, 0.29) is 19.0 Å². The highest BCUT2D eigenvalue weighted by Gasteiger charge is 2.17. The number of H-pyrrole nitrogens is 1. The van der Waals surface area contributed by atoms with Crippen molar-refractivity contribution in [2.24, 2.45) is 0 Å². The molecule has 3 heterocycles. The van der Waals surface area contributed by atoms with Gasteiger partial charge in [0.1, 0.15) is 12.0 Å². The molecule has 0 radical (unpaired) electrons. The zero-order chi connectivity index (χ0) is 20.2. The van der Waals surface area contributed by atoms with Gasteiger partial charge in [0.25, 0.3) is 0 Å². The molecule has 146 valence electrons. The second-order valence-corrected chi connectivity index (χ2v) is 7.22. The number of aromatic amines is 1. The minimum absolute atomic E-state index is 0.197. The number of thiol groups is 1. The summed E-state index contributed by atoms with van der Waals surface area (Å²) in [6.07, 6.45) is 7.09. The van der Waals surface area contributed by atoms with Crippen molar-refractivity contribution in [2.75, 3.05) is 0 Å². The Morgan fingerprint density at radius 3 is 3.00 bits per heavy atom. The van der Waals surface area contributed by atoms with Gasteiger partial charge in [-0.05, 0) is 17.2 Å². The first-order chi connectivity index (χ1) is 14.2. The molecule has 0 saturated carbocycles. The third-order valence-electron chi connectivity index (χ3n) is 4.58. The zero-order valence-corrected chi connectivity index (χ0v) is 16.1. The number of hydrogen-bond donors (Lipinski definition) is 3. The van der Waals surface area contributed by atoms with Crippen molar-refractivity contribution in [3.8, 4) is 17.3 Å². The fourth-order valence-corrected chi connectivity index (χ4v) is 3.56. The van der Waals surface area contributed by atoms with Gasteiger partial charge in [0, 0.05) is 29.9 Å². The number of hydrogen-bond acceptors (Lipinski definition) is 6. The highest BCUT2D eigenvalue weighted by atomic mass is 32.2. The molecule has 0 aliphatic rings. The Kier molecular flexibility index (Phi) is 5.33. The van der Waals surface area contributed by atoms with Crippen LogP contribution in [0.3, 0.4) is 0 Å². The van der Waals surface area contributed by atoms with Gasteiger partial charge in [0.2, 0.25) is 10.9 Å². The maximum absolute atomic E-state index is 10.8. The van der Waals surface area contributed by atoms with E-state index in [1.807, 2.05) is 36.5 Å². The molecule has 29 heavy (non-hydrogen) atoms. The summed E-state index contributed by atoms with van der Waals surface area (Å²) in [6, 6.07) is 11.3. The molecule has 0 aliphatic carbocycles. The molecule has 0 spiro atoms. The zero-order valence-electron chi connectivity index (χ0n) is 15.2. The van der Waals surface area contributed by atoms with Crippen LogP contribution in [0.2, 0.25) is 0 Å². The topological polar surface area (TPSA) is 129 Å². The van der Waals surface area contributed by atoms with E-state index >= 15 is 0 Å². The molecule has 10 heteroatoms. The van der Waals surface area contributed by atoms with Crippen molar-refractivity contribution in [2.45, 2.75) is 19.0 Å². The Hall–Kier alpha value is -3.55. The summed E-state index contributed by atoms with van der Waals surface area (Å²) in [5, 5.41) is 14.7. The van der Waals surface area contributed by atoms with Crippen molar-refractivity contribution >= 4 is 21.9 Å². The standard InChI is InChI=1S/C19H17N7O2S/c20-6-4-17(14-3-1-2-13(8-14)9-25-29(27)28)26-11-15(10-24-26)18-16-5-7-21-19(16)23-12-22-18/h1-3,5,7-8,10-12,17,29H,4,9H2,(H,21,22,23)(H,25,27,28). The first kappa shape index (κ1) is 18.8. The van der Waals surface area contributed by atoms with Crippen LogP contribution >= 0.6 is 0 Å². The van der Waals surface area contributed by atoms with Crippen LogP contribution in [0.5, 0.6) is 0 Å². The number of nitrogens with zero attached hydrogens (tertiary/aromatic N) is 5. The summed E-state index contributed by atoms with van der Waals surface area (Å²) in [4.78, 5) is 11.6. The van der Waals surface area contributed by atoms with Gasteiger partial charge in [0.15, 0.2) is 0 Å². The van der Waals surface area contributed by atoms with Crippen LogP contribution in [0.25, 0.3) is 22.3 Å². The molecule has 0 aliphatic heterocycles. The normalized spacial score (nSPS) is 12.3. The molecule has 2 N–H and O–H groups in total. The molecular formula is C19H17N7O2S. The van der Waals surface area contributed by atoms with Gasteiger partial charge < -0.3 is 4.98 Å². The first-order valence-electron chi connectivity index (χ1n) is 8.82. The molecule has 4 rings (SSSR count). The quantitative estimate of drug-likeness (QED) is 0.402. The summed E-state index contributed by atoms with van der Waals surface area (Å²) in [5.74, 6) is 0. The average molecular weight is 407 g/mol. The molecule has 0 bridgehead atoms. The number of fused-ring (bicyclic) bond motifs is 1. The van der Waals surface area contributed by atoms with Crippen LogP contribution in [0, 0.1) is 11.3 Å². The van der Waals surface area contributed by atoms with Crippen molar-refractivity contribution in [3.05, 3.63) is 66.4 Å². The minimum atomic E-state index is -2.67. The third kappa shape index (κ3) is 4.01. The predicted molar refractivity (Wildman–Crippen MR) is 107 cm³/mol. The number of benzene rings is 1. The number of rotatable bonds is 7. The van der Waals surface area contributed by atoms with Gasteiger partial charge in [-0.25, -0.2) is 23.1 Å². The van der Waals surface area contributed by atoms with Gasteiger partial charge in [0.05, 0.1) is 30.4 Å². The molecule has 9 nitrogen and oxygen atoms in total. The Labute approximate surface area is 168 Å². The molecule has 0 fully saturated rings. The Bertz CT molecular complexity index is 1260. The van der Waals surface area contributed by atoms with Crippen LogP contribution in [0.1, 0.15) is 23.6 Å². The third-order valence-corrected chi connectivity index (χ3v) is 5.00. The van der Waals surface area contributed by atoms with Crippen molar-refractivity contribution < 1.29 is 8.42 Å². The van der Waals surface area contributed by atoms with Crippen molar-refractivity contribution in [1.29, 1.82) is 5.26 Å². The largest absolute Gasteiger partial charge is 0.346 e. The maximum Gasteiger partial charge on any atom is 0.201 e. The van der Waals surface area contributed by atoms with Crippen LogP contribution in [0.15, 0.2) is 55.2 Å². The van der Waals surface area contributed by atoms with E-state index in [4.69, 9.17) is 0 Å². The average Bonchev–Trinajstić information content (AvgIpc) is 3.40. The van der Waals surface area contributed by atoms with E-state index < -0.39 is 10.9 Å². The summed E-state index contributed by atoms with van der Waals surface area (Å²) < 4.78 is 25.7. The number of nitriles is 1. The number of nitrogens with one attached hydrogen (secondary N) is 2. The van der Waals surface area contributed by atoms with Gasteiger partial charge >= 0.3 is 0 Å². The van der Waals surface area contributed by atoms with E-state index in [1.54, 1.807) is 17.1 Å². The van der Waals surface area contributed by atoms with E-state index in [1.165, 1.54) is 6.33 Å². The molecule has 1 aromatic carbocycles. The van der Waals surface area contributed by atoms with Gasteiger partial charge in [-0.15, -0.1) is 0 Å². The molecule has 3 aromatic heterocycles. The lowest BCUT2D eigenvalue weighted by atomic mass is 10.0. The van der Waals surface area contributed by atoms with Gasteiger partial charge in [-0.1, -0.05) is 24.3 Å². The monoisotopic (exact) mass is 407 g/mol. The highest BCUT2D eigenvalue weighted by molar-refractivity contribution is 7.70. The van der Waals surface area contributed by atoms with E-state index in [0.717, 1.165) is 33.4 Å². The van der Waals surface area contributed by atoms with Crippen LogP contribution in [0.4, 0.5) is 0 Å². The molecule has 0 amide bonds. The van der Waals surface area contributed by atoms with Gasteiger partial charge in [-0.3, -0.25) is 4.68 Å². The smallest absolute Gasteiger partial charge is 0.201 e. The fraction of sp³-hybridized carbons (Fsp3) is 0.158. The Morgan fingerprint density at radius 2 is 2.17 bits per heavy atom. The van der Waals surface area contributed by atoms with E-state index in [9.17, 15) is 13.7 Å². The second kappa shape index (κ2) is 8.22. The second-order valence-electron chi connectivity index (χ2n) is 6.39.